The molecule has 3 N–H and O–H groups in total. The van der Waals surface area contributed by atoms with Crippen molar-refractivity contribution in [1.82, 2.24) is 14.9 Å². The first kappa shape index (κ1) is 20.4. The Balaban J connectivity index is 0.00000243. The second kappa shape index (κ2) is 8.62. The van der Waals surface area contributed by atoms with E-state index in [4.69, 9.17) is 10.5 Å². The number of nitrogens with zero attached hydrogens (tertiary/aromatic N) is 2. The number of ether oxygens (including phenoxy) is 1. The number of amides is 1. The number of rotatable bonds is 5. The lowest BCUT2D eigenvalue weighted by atomic mass is 9.79. The van der Waals surface area contributed by atoms with Gasteiger partial charge in [0.1, 0.15) is 5.82 Å². The molecule has 1 aromatic carbocycles. The first-order valence-electron chi connectivity index (χ1n) is 8.65. The van der Waals surface area contributed by atoms with Gasteiger partial charge in [0.25, 0.3) is 5.56 Å². The minimum absolute atomic E-state index is 0. The fourth-order valence-corrected chi connectivity index (χ4v) is 3.32. The monoisotopic (exact) mass is 380 g/mol. The molecule has 1 amide bonds. The van der Waals surface area contributed by atoms with Gasteiger partial charge in [0, 0.05) is 26.3 Å². The van der Waals surface area contributed by atoms with Crippen molar-refractivity contribution in [1.29, 1.82) is 0 Å². The molecule has 1 aliphatic heterocycles. The highest BCUT2D eigenvalue weighted by atomic mass is 35.5. The zero-order valence-electron chi connectivity index (χ0n) is 14.9. The van der Waals surface area contributed by atoms with Crippen molar-refractivity contribution in [3.8, 4) is 0 Å². The molecule has 0 atom stereocenters. The Hall–Kier alpha value is -1.96. The number of nitrogens with two attached hydrogens (primary N) is 1. The van der Waals surface area contributed by atoms with E-state index >= 15 is 0 Å². The number of para-hydroxylation sites is 1. The Kier molecular flexibility index (Phi) is 6.75. The van der Waals surface area contributed by atoms with E-state index in [1.54, 1.807) is 23.1 Å². The van der Waals surface area contributed by atoms with Crippen LogP contribution in [0.3, 0.4) is 0 Å². The van der Waals surface area contributed by atoms with Crippen molar-refractivity contribution in [2.24, 2.45) is 11.1 Å². The highest BCUT2D eigenvalue weighted by molar-refractivity contribution is 5.85. The van der Waals surface area contributed by atoms with Crippen LogP contribution in [0.15, 0.2) is 29.1 Å². The van der Waals surface area contributed by atoms with Crippen LogP contribution >= 0.6 is 12.4 Å². The van der Waals surface area contributed by atoms with E-state index in [1.807, 2.05) is 13.0 Å². The maximum absolute atomic E-state index is 13.1. The first-order valence-corrected chi connectivity index (χ1v) is 8.65. The van der Waals surface area contributed by atoms with Gasteiger partial charge in [0.05, 0.1) is 22.9 Å². The molecule has 1 aromatic heterocycles. The molecule has 142 valence electrons. The predicted molar refractivity (Wildman–Crippen MR) is 102 cm³/mol. The lowest BCUT2D eigenvalue weighted by Gasteiger charge is -2.38. The van der Waals surface area contributed by atoms with E-state index < -0.39 is 5.41 Å². The van der Waals surface area contributed by atoms with E-state index in [2.05, 4.69) is 9.97 Å². The second-order valence-electron chi connectivity index (χ2n) is 6.45. The summed E-state index contributed by atoms with van der Waals surface area (Å²) in [6, 6.07) is 7.18. The molecule has 1 fully saturated rings. The van der Waals surface area contributed by atoms with Crippen molar-refractivity contribution in [2.45, 2.75) is 26.3 Å². The Morgan fingerprint density at radius 3 is 2.69 bits per heavy atom. The van der Waals surface area contributed by atoms with Crippen LogP contribution in [0.5, 0.6) is 0 Å². The summed E-state index contributed by atoms with van der Waals surface area (Å²) in [4.78, 5) is 34.3. The van der Waals surface area contributed by atoms with E-state index in [0.717, 1.165) is 0 Å². The minimum atomic E-state index is -0.578. The van der Waals surface area contributed by atoms with Crippen molar-refractivity contribution in [3.05, 3.63) is 40.4 Å². The molecule has 8 heteroatoms. The number of fused-ring (bicyclic) bond motifs is 1. The van der Waals surface area contributed by atoms with E-state index in [1.165, 1.54) is 0 Å². The van der Waals surface area contributed by atoms with Gasteiger partial charge in [-0.05, 0) is 31.9 Å². The average Bonchev–Trinajstić information content (AvgIpc) is 2.66. The average molecular weight is 381 g/mol. The zero-order valence-corrected chi connectivity index (χ0v) is 15.7. The normalized spacial score (nSPS) is 16.1. The molecule has 0 aliphatic carbocycles. The van der Waals surface area contributed by atoms with Crippen LogP contribution in [0.25, 0.3) is 10.9 Å². The molecular formula is C18H25ClN4O3. The SMILES string of the molecule is CCN(Cc1nc2ccccc2c(=O)[nH]1)C(=O)C1(CN)CCOCC1.Cl. The predicted octanol–water partition coefficient (Wildman–Crippen LogP) is 1.45. The molecular weight excluding hydrogens is 356 g/mol. The Morgan fingerprint density at radius 2 is 2.04 bits per heavy atom. The van der Waals surface area contributed by atoms with Crippen LogP contribution < -0.4 is 11.3 Å². The Labute approximate surface area is 158 Å². The number of hydrogen-bond acceptors (Lipinski definition) is 5. The third kappa shape index (κ3) is 3.90. The van der Waals surface area contributed by atoms with Crippen LogP contribution in [-0.2, 0) is 16.1 Å². The summed E-state index contributed by atoms with van der Waals surface area (Å²) >= 11 is 0. The van der Waals surface area contributed by atoms with Crippen LogP contribution in [0.2, 0.25) is 0 Å². The number of H-pyrrole nitrogens is 1. The van der Waals surface area contributed by atoms with Crippen molar-refractivity contribution < 1.29 is 9.53 Å². The molecule has 0 spiro atoms. The number of hydrogen-bond donors (Lipinski definition) is 2. The molecule has 2 heterocycles. The standard InChI is InChI=1S/C18H24N4O3.ClH/c1-2-22(17(24)18(12-19)7-9-25-10-8-18)11-15-20-14-6-4-3-5-13(14)16(23)21-15;/h3-6H,2,7-12,19H2,1H3,(H,20,21,23);1H. The molecule has 7 nitrogen and oxygen atoms in total. The molecule has 3 rings (SSSR count). The maximum Gasteiger partial charge on any atom is 0.258 e. The van der Waals surface area contributed by atoms with Crippen LogP contribution in [0.4, 0.5) is 0 Å². The largest absolute Gasteiger partial charge is 0.381 e. The van der Waals surface area contributed by atoms with E-state index in [9.17, 15) is 9.59 Å². The Morgan fingerprint density at radius 1 is 1.35 bits per heavy atom. The maximum atomic E-state index is 13.1. The van der Waals surface area contributed by atoms with Crippen molar-refractivity contribution in [3.63, 3.8) is 0 Å². The van der Waals surface area contributed by atoms with Gasteiger partial charge in [-0.25, -0.2) is 4.98 Å². The van der Waals surface area contributed by atoms with Gasteiger partial charge in [-0.15, -0.1) is 12.4 Å². The molecule has 0 radical (unpaired) electrons. The lowest BCUT2D eigenvalue weighted by molar-refractivity contribution is -0.147. The summed E-state index contributed by atoms with van der Waals surface area (Å²) in [7, 11) is 0. The second-order valence-corrected chi connectivity index (χ2v) is 6.45. The fourth-order valence-electron chi connectivity index (χ4n) is 3.32. The number of halogens is 1. The zero-order chi connectivity index (χ0) is 17.9. The Bertz CT molecular complexity index is 817. The number of carbonyl (C=O) groups excluding carboxylic acids is 1. The van der Waals surface area contributed by atoms with Gasteiger partial charge in [0.15, 0.2) is 0 Å². The van der Waals surface area contributed by atoms with Gasteiger partial charge in [-0.2, -0.15) is 0 Å². The summed E-state index contributed by atoms with van der Waals surface area (Å²) < 4.78 is 5.39. The van der Waals surface area contributed by atoms with Gasteiger partial charge >= 0.3 is 0 Å². The molecule has 2 aromatic rings. The van der Waals surface area contributed by atoms with Crippen LogP contribution in [0.1, 0.15) is 25.6 Å². The number of nitrogens with one attached hydrogen (secondary N) is 1. The van der Waals surface area contributed by atoms with Crippen molar-refractivity contribution in [2.75, 3.05) is 26.3 Å². The quantitative estimate of drug-likeness (QED) is 0.817. The van der Waals surface area contributed by atoms with Gasteiger partial charge < -0.3 is 20.4 Å². The molecule has 1 aliphatic rings. The van der Waals surface area contributed by atoms with Crippen LogP contribution in [-0.4, -0.2) is 47.1 Å². The molecule has 0 saturated carbocycles. The number of carbonyl (C=O) groups is 1. The molecule has 0 unspecified atom stereocenters. The molecule has 1 saturated heterocycles. The smallest absolute Gasteiger partial charge is 0.258 e. The van der Waals surface area contributed by atoms with Crippen molar-refractivity contribution >= 4 is 29.2 Å². The summed E-state index contributed by atoms with van der Waals surface area (Å²) in [6.07, 6.45) is 1.25. The topological polar surface area (TPSA) is 101 Å². The van der Waals surface area contributed by atoms with Gasteiger partial charge in [0.2, 0.25) is 5.91 Å². The highest BCUT2D eigenvalue weighted by Gasteiger charge is 2.41. The third-order valence-electron chi connectivity index (χ3n) is 4.97. The van der Waals surface area contributed by atoms with Gasteiger partial charge in [-0.1, -0.05) is 12.1 Å². The molecule has 26 heavy (non-hydrogen) atoms. The third-order valence-corrected chi connectivity index (χ3v) is 4.97. The summed E-state index contributed by atoms with van der Waals surface area (Å²) in [5, 5.41) is 0.545. The summed E-state index contributed by atoms with van der Waals surface area (Å²) in [6.45, 7) is 4.10. The van der Waals surface area contributed by atoms with Crippen LogP contribution in [0, 0.1) is 5.41 Å². The number of aromatic nitrogens is 2. The lowest BCUT2D eigenvalue weighted by Crippen LogP contribution is -2.50. The molecule has 0 bridgehead atoms. The fraction of sp³-hybridized carbons (Fsp3) is 0.500. The summed E-state index contributed by atoms with van der Waals surface area (Å²) in [5.41, 5.74) is 5.81. The first-order chi connectivity index (χ1) is 12.1. The summed E-state index contributed by atoms with van der Waals surface area (Å²) in [5.74, 6) is 0.495. The minimum Gasteiger partial charge on any atom is -0.381 e. The highest BCUT2D eigenvalue weighted by Crippen LogP contribution is 2.32. The van der Waals surface area contributed by atoms with Gasteiger partial charge in [-0.3, -0.25) is 9.59 Å². The number of aromatic amines is 1. The van der Waals surface area contributed by atoms with E-state index in [0.29, 0.717) is 55.9 Å². The van der Waals surface area contributed by atoms with E-state index in [-0.39, 0.29) is 30.4 Å². The number of benzene rings is 1.